The van der Waals surface area contributed by atoms with Crippen molar-refractivity contribution in [3.8, 4) is 5.75 Å². The van der Waals surface area contributed by atoms with Crippen molar-refractivity contribution in [3.05, 3.63) is 76.9 Å². The van der Waals surface area contributed by atoms with Crippen LogP contribution >= 0.6 is 27.7 Å². The Morgan fingerprint density at radius 1 is 1.04 bits per heavy atom. The van der Waals surface area contributed by atoms with E-state index in [0.29, 0.717) is 16.3 Å². The number of nitrogens with zero attached hydrogens (tertiary/aromatic N) is 1. The van der Waals surface area contributed by atoms with Crippen LogP contribution in [0.1, 0.15) is 10.4 Å². The zero-order valence-electron chi connectivity index (χ0n) is 12.4. The van der Waals surface area contributed by atoms with E-state index in [1.54, 1.807) is 36.5 Å². The molecule has 0 radical (unpaired) electrons. The van der Waals surface area contributed by atoms with Gasteiger partial charge < -0.3 is 10.4 Å². The number of nitrogens with one attached hydrogen (secondary N) is 1. The molecule has 0 aliphatic heterocycles. The number of hydrogen-bond acceptors (Lipinski definition) is 4. The SMILES string of the molecule is O=C(Nc1ccccc1O)c1cccnc1Sc1ccc(Br)cc1. The summed E-state index contributed by atoms with van der Waals surface area (Å²) in [7, 11) is 0. The zero-order valence-corrected chi connectivity index (χ0v) is 14.8. The standard InChI is InChI=1S/C18H13BrN2O2S/c19-12-7-9-13(10-8-12)24-18-14(4-3-11-20-18)17(23)21-15-5-1-2-6-16(15)22/h1-11,22H,(H,21,23). The molecule has 2 N–H and O–H groups in total. The van der Waals surface area contributed by atoms with E-state index in [2.05, 4.69) is 26.2 Å². The highest BCUT2D eigenvalue weighted by atomic mass is 79.9. The molecule has 0 aliphatic rings. The van der Waals surface area contributed by atoms with Crippen molar-refractivity contribution in [1.82, 2.24) is 4.98 Å². The summed E-state index contributed by atoms with van der Waals surface area (Å²) < 4.78 is 0.991. The number of pyridine rings is 1. The van der Waals surface area contributed by atoms with Crippen molar-refractivity contribution in [3.63, 3.8) is 0 Å². The summed E-state index contributed by atoms with van der Waals surface area (Å²) in [5.41, 5.74) is 0.819. The third-order valence-electron chi connectivity index (χ3n) is 3.20. The molecule has 0 saturated heterocycles. The number of anilines is 1. The van der Waals surface area contributed by atoms with Crippen molar-refractivity contribution < 1.29 is 9.90 Å². The highest BCUT2D eigenvalue weighted by molar-refractivity contribution is 9.10. The van der Waals surface area contributed by atoms with E-state index < -0.39 is 0 Å². The molecule has 6 heteroatoms. The molecule has 1 aromatic heterocycles. The molecule has 1 amide bonds. The number of amides is 1. The third kappa shape index (κ3) is 3.96. The van der Waals surface area contributed by atoms with Crippen LogP contribution in [0.3, 0.4) is 0 Å². The number of carbonyl (C=O) groups excluding carboxylic acids is 1. The molecule has 0 aliphatic carbocycles. The Hall–Kier alpha value is -2.31. The van der Waals surface area contributed by atoms with E-state index in [4.69, 9.17) is 0 Å². The fourth-order valence-electron chi connectivity index (χ4n) is 2.03. The topological polar surface area (TPSA) is 62.2 Å². The predicted octanol–water partition coefficient (Wildman–Crippen LogP) is 4.95. The van der Waals surface area contributed by atoms with Gasteiger partial charge in [-0.05, 0) is 48.5 Å². The van der Waals surface area contributed by atoms with Crippen molar-refractivity contribution in [1.29, 1.82) is 0 Å². The van der Waals surface area contributed by atoms with Crippen LogP contribution < -0.4 is 5.32 Å². The lowest BCUT2D eigenvalue weighted by Crippen LogP contribution is -2.13. The molecule has 0 unspecified atom stereocenters. The van der Waals surface area contributed by atoms with Gasteiger partial charge in [0.05, 0.1) is 11.3 Å². The quantitative estimate of drug-likeness (QED) is 0.607. The molecule has 120 valence electrons. The Morgan fingerprint density at radius 2 is 1.79 bits per heavy atom. The number of aromatic nitrogens is 1. The highest BCUT2D eigenvalue weighted by Crippen LogP contribution is 2.30. The van der Waals surface area contributed by atoms with Gasteiger partial charge in [-0.3, -0.25) is 4.79 Å². The maximum absolute atomic E-state index is 12.5. The van der Waals surface area contributed by atoms with Crippen LogP contribution in [-0.2, 0) is 0 Å². The van der Waals surface area contributed by atoms with E-state index in [-0.39, 0.29) is 11.7 Å². The second-order valence-corrected chi connectivity index (χ2v) is 6.86. The second kappa shape index (κ2) is 7.51. The number of para-hydroxylation sites is 2. The van der Waals surface area contributed by atoms with Gasteiger partial charge in [-0.15, -0.1) is 0 Å². The number of aromatic hydroxyl groups is 1. The van der Waals surface area contributed by atoms with Crippen molar-refractivity contribution >= 4 is 39.3 Å². The van der Waals surface area contributed by atoms with Crippen molar-refractivity contribution in [2.45, 2.75) is 9.92 Å². The van der Waals surface area contributed by atoms with Crippen LogP contribution in [0.15, 0.2) is 81.3 Å². The van der Waals surface area contributed by atoms with Gasteiger partial charge in [0, 0.05) is 15.6 Å². The normalized spacial score (nSPS) is 10.4. The summed E-state index contributed by atoms with van der Waals surface area (Å²) in [6.45, 7) is 0. The fraction of sp³-hybridized carbons (Fsp3) is 0. The Kier molecular flexibility index (Phi) is 5.17. The smallest absolute Gasteiger partial charge is 0.258 e. The first kappa shape index (κ1) is 16.5. The molecular formula is C18H13BrN2O2S. The van der Waals surface area contributed by atoms with Crippen LogP contribution in [0.4, 0.5) is 5.69 Å². The van der Waals surface area contributed by atoms with Crippen LogP contribution in [0.5, 0.6) is 5.75 Å². The molecule has 2 aromatic carbocycles. The summed E-state index contributed by atoms with van der Waals surface area (Å²) in [5, 5.41) is 13.1. The number of benzene rings is 2. The van der Waals surface area contributed by atoms with Crippen molar-refractivity contribution in [2.75, 3.05) is 5.32 Å². The molecule has 0 spiro atoms. The molecule has 4 nitrogen and oxygen atoms in total. The molecule has 0 saturated carbocycles. The minimum Gasteiger partial charge on any atom is -0.506 e. The first-order valence-corrected chi connectivity index (χ1v) is 8.72. The van der Waals surface area contributed by atoms with Gasteiger partial charge in [0.15, 0.2) is 0 Å². The molecule has 0 atom stereocenters. The molecule has 1 heterocycles. The van der Waals surface area contributed by atoms with E-state index in [0.717, 1.165) is 9.37 Å². The van der Waals surface area contributed by atoms with Gasteiger partial charge in [-0.25, -0.2) is 4.98 Å². The Bertz CT molecular complexity index is 869. The van der Waals surface area contributed by atoms with E-state index >= 15 is 0 Å². The van der Waals surface area contributed by atoms with Crippen LogP contribution in [0.25, 0.3) is 0 Å². The van der Waals surface area contributed by atoms with E-state index in [1.165, 1.54) is 17.8 Å². The maximum atomic E-state index is 12.5. The van der Waals surface area contributed by atoms with Gasteiger partial charge >= 0.3 is 0 Å². The van der Waals surface area contributed by atoms with Gasteiger partial charge in [-0.1, -0.05) is 39.8 Å². The maximum Gasteiger partial charge on any atom is 0.258 e. The second-order valence-electron chi connectivity index (χ2n) is 4.88. The Balaban J connectivity index is 1.84. The lowest BCUT2D eigenvalue weighted by molar-refractivity contribution is 0.102. The molecule has 24 heavy (non-hydrogen) atoms. The minimum atomic E-state index is -0.316. The predicted molar refractivity (Wildman–Crippen MR) is 98.6 cm³/mol. The Labute approximate surface area is 152 Å². The number of phenols is 1. The molecule has 0 bridgehead atoms. The number of carbonyl (C=O) groups is 1. The fourth-order valence-corrected chi connectivity index (χ4v) is 3.17. The summed E-state index contributed by atoms with van der Waals surface area (Å²) in [6.07, 6.45) is 1.65. The van der Waals surface area contributed by atoms with Gasteiger partial charge in [-0.2, -0.15) is 0 Å². The minimum absolute atomic E-state index is 0.0249. The summed E-state index contributed by atoms with van der Waals surface area (Å²) in [4.78, 5) is 17.8. The lowest BCUT2D eigenvalue weighted by atomic mass is 10.2. The molecule has 3 rings (SSSR count). The summed E-state index contributed by atoms with van der Waals surface area (Å²) >= 11 is 4.81. The average Bonchev–Trinajstić information content (AvgIpc) is 2.59. The largest absolute Gasteiger partial charge is 0.506 e. The first-order chi connectivity index (χ1) is 11.6. The highest BCUT2D eigenvalue weighted by Gasteiger charge is 2.15. The monoisotopic (exact) mass is 400 g/mol. The van der Waals surface area contributed by atoms with Gasteiger partial charge in [0.25, 0.3) is 5.91 Å². The van der Waals surface area contributed by atoms with Gasteiger partial charge in [0.1, 0.15) is 10.8 Å². The van der Waals surface area contributed by atoms with E-state index in [9.17, 15) is 9.90 Å². The van der Waals surface area contributed by atoms with Crippen LogP contribution in [0.2, 0.25) is 0 Å². The first-order valence-electron chi connectivity index (χ1n) is 7.11. The summed E-state index contributed by atoms with van der Waals surface area (Å²) in [6, 6.07) is 17.8. The zero-order chi connectivity index (χ0) is 16.9. The molecule has 3 aromatic rings. The summed E-state index contributed by atoms with van der Waals surface area (Å²) in [5.74, 6) is -0.291. The average molecular weight is 401 g/mol. The van der Waals surface area contributed by atoms with Gasteiger partial charge in [0.2, 0.25) is 0 Å². The third-order valence-corrected chi connectivity index (χ3v) is 4.75. The molecule has 0 fully saturated rings. The Morgan fingerprint density at radius 3 is 2.54 bits per heavy atom. The number of hydrogen-bond donors (Lipinski definition) is 2. The van der Waals surface area contributed by atoms with Crippen molar-refractivity contribution in [2.24, 2.45) is 0 Å². The van der Waals surface area contributed by atoms with Crippen LogP contribution in [-0.4, -0.2) is 16.0 Å². The number of phenolic OH excluding ortho intramolecular Hbond substituents is 1. The number of rotatable bonds is 4. The number of halogens is 1. The van der Waals surface area contributed by atoms with E-state index in [1.807, 2.05) is 24.3 Å². The van der Waals surface area contributed by atoms with Crippen LogP contribution in [0, 0.1) is 0 Å². The lowest BCUT2D eigenvalue weighted by Gasteiger charge is -2.10. The molecular weight excluding hydrogens is 388 g/mol.